The summed E-state index contributed by atoms with van der Waals surface area (Å²) in [6.45, 7) is 9.46. The zero-order valence-electron chi connectivity index (χ0n) is 16.9. The summed E-state index contributed by atoms with van der Waals surface area (Å²) in [7, 11) is 0. The van der Waals surface area contributed by atoms with Gasteiger partial charge in [-0.3, -0.25) is 14.2 Å². The van der Waals surface area contributed by atoms with Crippen LogP contribution in [0.15, 0.2) is 35.1 Å². The van der Waals surface area contributed by atoms with Gasteiger partial charge in [-0.1, -0.05) is 19.1 Å². The third kappa shape index (κ3) is 4.03. The average Bonchev–Trinajstić information content (AvgIpc) is 2.97. The molecular weight excluding hydrogens is 354 g/mol. The van der Waals surface area contributed by atoms with E-state index >= 15 is 0 Å². The second-order valence-electron chi connectivity index (χ2n) is 7.03. The Balaban J connectivity index is 1.99. The van der Waals surface area contributed by atoms with Crippen molar-refractivity contribution in [3.05, 3.63) is 68.9 Å². The second kappa shape index (κ2) is 7.80. The van der Waals surface area contributed by atoms with Gasteiger partial charge in [-0.25, -0.2) is 9.67 Å². The lowest BCUT2D eigenvalue weighted by molar-refractivity contribution is -0.116. The van der Waals surface area contributed by atoms with Gasteiger partial charge in [-0.15, -0.1) is 0 Å². The molecular formula is C21H25N5O2. The van der Waals surface area contributed by atoms with Crippen LogP contribution in [0.3, 0.4) is 0 Å². The standard InChI is InChI=1S/C21H25N5O2/c1-6-17-11-20(28)25(21(22-17)26-16(5)10-15(4)24-26)12-19(27)23-18-9-13(2)7-8-14(18)3/h7-11H,6,12H2,1-5H3,(H,23,27). The van der Waals surface area contributed by atoms with Crippen LogP contribution in [0.1, 0.15) is 35.1 Å². The summed E-state index contributed by atoms with van der Waals surface area (Å²) in [6.07, 6.45) is 0.622. The van der Waals surface area contributed by atoms with E-state index in [2.05, 4.69) is 15.4 Å². The van der Waals surface area contributed by atoms with Gasteiger partial charge in [0.05, 0.1) is 5.69 Å². The van der Waals surface area contributed by atoms with Crippen molar-refractivity contribution in [1.82, 2.24) is 19.3 Å². The quantitative estimate of drug-likeness (QED) is 0.739. The molecule has 0 radical (unpaired) electrons. The number of amides is 1. The van der Waals surface area contributed by atoms with Gasteiger partial charge in [-0.05, 0) is 57.4 Å². The minimum atomic E-state index is -0.287. The highest BCUT2D eigenvalue weighted by atomic mass is 16.2. The Morgan fingerprint density at radius 2 is 1.86 bits per heavy atom. The molecule has 3 aromatic rings. The second-order valence-corrected chi connectivity index (χ2v) is 7.03. The molecule has 0 aliphatic carbocycles. The number of hydrogen-bond donors (Lipinski definition) is 1. The van der Waals surface area contributed by atoms with Gasteiger partial charge in [0.1, 0.15) is 6.54 Å². The van der Waals surface area contributed by atoms with E-state index in [0.29, 0.717) is 18.1 Å². The minimum Gasteiger partial charge on any atom is -0.324 e. The van der Waals surface area contributed by atoms with Gasteiger partial charge in [0.15, 0.2) is 0 Å². The number of nitrogens with one attached hydrogen (secondary N) is 1. The van der Waals surface area contributed by atoms with Gasteiger partial charge in [0, 0.05) is 23.1 Å². The summed E-state index contributed by atoms with van der Waals surface area (Å²) in [5.41, 5.74) is 4.81. The van der Waals surface area contributed by atoms with Crippen LogP contribution in [-0.4, -0.2) is 25.2 Å². The van der Waals surface area contributed by atoms with Crippen molar-refractivity contribution in [1.29, 1.82) is 0 Å². The van der Waals surface area contributed by atoms with E-state index in [-0.39, 0.29) is 18.0 Å². The van der Waals surface area contributed by atoms with E-state index in [1.54, 1.807) is 4.68 Å². The van der Waals surface area contributed by atoms with Crippen molar-refractivity contribution < 1.29 is 4.79 Å². The molecule has 7 nitrogen and oxygen atoms in total. The molecule has 0 aliphatic heterocycles. The molecule has 0 fully saturated rings. The van der Waals surface area contributed by atoms with Crippen LogP contribution in [0.5, 0.6) is 0 Å². The average molecular weight is 379 g/mol. The van der Waals surface area contributed by atoms with Crippen molar-refractivity contribution in [2.24, 2.45) is 0 Å². The monoisotopic (exact) mass is 379 g/mol. The Bertz CT molecular complexity index is 1090. The Hall–Kier alpha value is -3.22. The molecule has 0 bridgehead atoms. The Kier molecular flexibility index (Phi) is 5.44. The topological polar surface area (TPSA) is 81.8 Å². The van der Waals surface area contributed by atoms with Gasteiger partial charge in [0.2, 0.25) is 11.9 Å². The van der Waals surface area contributed by atoms with Gasteiger partial charge < -0.3 is 5.32 Å². The lowest BCUT2D eigenvalue weighted by atomic mass is 10.1. The van der Waals surface area contributed by atoms with Crippen LogP contribution in [0.4, 0.5) is 5.69 Å². The molecule has 0 spiro atoms. The molecule has 7 heteroatoms. The highest BCUT2D eigenvalue weighted by Gasteiger charge is 2.16. The van der Waals surface area contributed by atoms with Crippen LogP contribution in [0.2, 0.25) is 0 Å². The molecule has 2 aromatic heterocycles. The Morgan fingerprint density at radius 3 is 2.50 bits per heavy atom. The molecule has 0 atom stereocenters. The highest BCUT2D eigenvalue weighted by molar-refractivity contribution is 5.91. The lowest BCUT2D eigenvalue weighted by Gasteiger charge is -2.15. The summed E-state index contributed by atoms with van der Waals surface area (Å²) >= 11 is 0. The van der Waals surface area contributed by atoms with E-state index in [9.17, 15) is 9.59 Å². The largest absolute Gasteiger partial charge is 0.324 e. The van der Waals surface area contributed by atoms with Crippen LogP contribution >= 0.6 is 0 Å². The smallest absolute Gasteiger partial charge is 0.255 e. The molecule has 2 heterocycles. The first-order valence-corrected chi connectivity index (χ1v) is 9.30. The molecule has 3 rings (SSSR count). The first kappa shape index (κ1) is 19.5. The van der Waals surface area contributed by atoms with Gasteiger partial charge >= 0.3 is 0 Å². The molecule has 1 N–H and O–H groups in total. The fraction of sp³-hybridized carbons (Fsp3) is 0.333. The first-order chi connectivity index (χ1) is 13.3. The summed E-state index contributed by atoms with van der Waals surface area (Å²) in [4.78, 5) is 30.0. The molecule has 28 heavy (non-hydrogen) atoms. The van der Waals surface area contributed by atoms with E-state index in [1.807, 2.05) is 58.9 Å². The lowest BCUT2D eigenvalue weighted by Crippen LogP contribution is -2.32. The van der Waals surface area contributed by atoms with Crippen molar-refractivity contribution in [3.63, 3.8) is 0 Å². The zero-order valence-corrected chi connectivity index (χ0v) is 16.9. The number of nitrogens with zero attached hydrogens (tertiary/aromatic N) is 4. The number of anilines is 1. The predicted molar refractivity (Wildman–Crippen MR) is 109 cm³/mol. The van der Waals surface area contributed by atoms with E-state index in [4.69, 9.17) is 0 Å². The molecule has 0 unspecified atom stereocenters. The number of carbonyl (C=O) groups is 1. The SMILES string of the molecule is CCc1cc(=O)n(CC(=O)Nc2cc(C)ccc2C)c(-n2nc(C)cc2C)n1. The van der Waals surface area contributed by atoms with Crippen molar-refractivity contribution in [3.8, 4) is 5.95 Å². The normalized spacial score (nSPS) is 10.9. The molecule has 0 saturated carbocycles. The van der Waals surface area contributed by atoms with Crippen LogP contribution in [-0.2, 0) is 17.8 Å². The summed E-state index contributed by atoms with van der Waals surface area (Å²) < 4.78 is 2.97. The number of aryl methyl sites for hydroxylation is 5. The summed E-state index contributed by atoms with van der Waals surface area (Å²) in [5, 5.41) is 7.34. The summed E-state index contributed by atoms with van der Waals surface area (Å²) in [5.74, 6) is 0.0655. The number of hydrogen-bond acceptors (Lipinski definition) is 4. The maximum atomic E-state index is 12.7. The van der Waals surface area contributed by atoms with E-state index in [1.165, 1.54) is 10.6 Å². The van der Waals surface area contributed by atoms with Crippen LogP contribution in [0.25, 0.3) is 5.95 Å². The molecule has 146 valence electrons. The Morgan fingerprint density at radius 1 is 1.11 bits per heavy atom. The number of aromatic nitrogens is 4. The van der Waals surface area contributed by atoms with Crippen molar-refractivity contribution in [2.75, 3.05) is 5.32 Å². The summed E-state index contributed by atoms with van der Waals surface area (Å²) in [6, 6.07) is 9.24. The maximum Gasteiger partial charge on any atom is 0.255 e. The fourth-order valence-corrected chi connectivity index (χ4v) is 3.07. The van der Waals surface area contributed by atoms with Crippen LogP contribution < -0.4 is 10.9 Å². The van der Waals surface area contributed by atoms with Crippen molar-refractivity contribution >= 4 is 11.6 Å². The Labute approximate surface area is 164 Å². The van der Waals surface area contributed by atoms with Gasteiger partial charge in [0.25, 0.3) is 5.56 Å². The third-order valence-corrected chi connectivity index (χ3v) is 4.57. The number of rotatable bonds is 5. The fourth-order valence-electron chi connectivity index (χ4n) is 3.07. The molecule has 0 saturated heterocycles. The molecule has 1 aromatic carbocycles. The maximum absolute atomic E-state index is 12.7. The zero-order chi connectivity index (χ0) is 20.4. The van der Waals surface area contributed by atoms with Crippen molar-refractivity contribution in [2.45, 2.75) is 47.6 Å². The van der Waals surface area contributed by atoms with Gasteiger partial charge in [-0.2, -0.15) is 5.10 Å². The molecule has 0 aliphatic rings. The van der Waals surface area contributed by atoms with Crippen LogP contribution in [0, 0.1) is 27.7 Å². The number of carbonyl (C=O) groups excluding carboxylic acids is 1. The minimum absolute atomic E-state index is 0.142. The van der Waals surface area contributed by atoms with E-state index < -0.39 is 0 Å². The predicted octanol–water partition coefficient (Wildman–Crippen LogP) is 2.86. The first-order valence-electron chi connectivity index (χ1n) is 9.30. The van der Waals surface area contributed by atoms with E-state index in [0.717, 1.165) is 28.2 Å². The molecule has 1 amide bonds. The highest BCUT2D eigenvalue weighted by Crippen LogP contribution is 2.16. The number of benzene rings is 1. The third-order valence-electron chi connectivity index (χ3n) is 4.57.